The van der Waals surface area contributed by atoms with Gasteiger partial charge in [0.05, 0.1) is 18.8 Å². The summed E-state index contributed by atoms with van der Waals surface area (Å²) in [6.07, 6.45) is 1.09. The molecule has 1 N–H and O–H groups in total. The monoisotopic (exact) mass is 333 g/mol. The topological polar surface area (TPSA) is 38.7 Å². The maximum atomic E-state index is 8.78. The molecular formula is C7H14O3Re. The third-order valence-electron chi connectivity index (χ3n) is 1.87. The first kappa shape index (κ1) is 11.5. The van der Waals surface area contributed by atoms with E-state index in [0.717, 1.165) is 6.42 Å². The molecule has 0 bridgehead atoms. The van der Waals surface area contributed by atoms with Crippen molar-refractivity contribution >= 4 is 0 Å². The van der Waals surface area contributed by atoms with Crippen LogP contribution in [0.2, 0.25) is 0 Å². The van der Waals surface area contributed by atoms with Gasteiger partial charge in [-0.1, -0.05) is 0 Å². The Morgan fingerprint density at radius 3 is 2.64 bits per heavy atom. The number of methoxy groups -OCH3 is 1. The predicted octanol–water partition coefficient (Wildman–Crippen LogP) is 0.169. The van der Waals surface area contributed by atoms with Crippen molar-refractivity contribution in [2.24, 2.45) is 0 Å². The molecule has 1 aliphatic heterocycles. The fourth-order valence-electron chi connectivity index (χ4n) is 1.33. The quantitative estimate of drug-likeness (QED) is 0.783. The molecule has 1 heterocycles. The van der Waals surface area contributed by atoms with Crippen molar-refractivity contribution in [1.82, 2.24) is 0 Å². The van der Waals surface area contributed by atoms with E-state index in [9.17, 15) is 0 Å². The fraction of sp³-hybridized carbons (Fsp3) is 1.00. The molecule has 0 aromatic heterocycles. The van der Waals surface area contributed by atoms with Crippen molar-refractivity contribution in [2.45, 2.75) is 31.7 Å². The zero-order valence-corrected chi connectivity index (χ0v) is 9.50. The Bertz CT molecular complexity index is 97.9. The fourth-order valence-corrected chi connectivity index (χ4v) is 1.33. The molecule has 0 saturated carbocycles. The molecule has 3 nitrogen and oxygen atoms in total. The summed E-state index contributed by atoms with van der Waals surface area (Å²) in [6, 6.07) is 0. The summed E-state index contributed by atoms with van der Waals surface area (Å²) in [6.45, 7) is 2.05. The van der Waals surface area contributed by atoms with Crippen molar-refractivity contribution in [3.05, 3.63) is 0 Å². The second-order valence-corrected chi connectivity index (χ2v) is 2.68. The first-order valence-corrected chi connectivity index (χ1v) is 3.57. The molecule has 3 unspecified atom stereocenters. The molecule has 1 rings (SSSR count). The van der Waals surface area contributed by atoms with E-state index in [1.807, 2.05) is 6.92 Å². The normalized spacial score (nSPS) is 36.8. The van der Waals surface area contributed by atoms with Crippen LogP contribution in [-0.2, 0) is 29.9 Å². The van der Waals surface area contributed by atoms with Crippen molar-refractivity contribution in [3.8, 4) is 0 Å². The predicted molar refractivity (Wildman–Crippen MR) is 36.8 cm³/mol. The molecule has 0 aromatic rings. The second kappa shape index (κ2) is 5.23. The molecule has 1 fully saturated rings. The van der Waals surface area contributed by atoms with E-state index in [2.05, 4.69) is 0 Å². The summed E-state index contributed by atoms with van der Waals surface area (Å²) in [5.74, 6) is 0. The first-order chi connectivity index (χ1) is 4.77. The minimum absolute atomic E-state index is 0. The van der Waals surface area contributed by atoms with Crippen LogP contribution in [0.5, 0.6) is 0 Å². The number of hydrogen-bond donors (Lipinski definition) is 1. The van der Waals surface area contributed by atoms with Gasteiger partial charge in [-0.15, -0.1) is 0 Å². The second-order valence-electron chi connectivity index (χ2n) is 2.68. The molecule has 11 heavy (non-hydrogen) atoms. The van der Waals surface area contributed by atoms with Gasteiger partial charge in [-0.2, -0.15) is 0 Å². The van der Waals surface area contributed by atoms with Crippen LogP contribution in [0.25, 0.3) is 0 Å². The van der Waals surface area contributed by atoms with Crippen LogP contribution in [0, 0.1) is 0 Å². The molecule has 0 aliphatic carbocycles. The van der Waals surface area contributed by atoms with E-state index in [0.29, 0.717) is 0 Å². The molecular weight excluding hydrogens is 318 g/mol. The van der Waals surface area contributed by atoms with Crippen molar-refractivity contribution in [3.63, 3.8) is 0 Å². The van der Waals surface area contributed by atoms with Crippen LogP contribution in [-0.4, -0.2) is 37.1 Å². The first-order valence-electron chi connectivity index (χ1n) is 3.57. The Morgan fingerprint density at radius 2 is 2.27 bits per heavy atom. The molecule has 1 radical (unpaired) electrons. The zero-order valence-electron chi connectivity index (χ0n) is 6.79. The van der Waals surface area contributed by atoms with E-state index < -0.39 is 0 Å². The van der Waals surface area contributed by atoms with Gasteiger partial charge >= 0.3 is 0 Å². The van der Waals surface area contributed by atoms with Crippen LogP contribution in [0.15, 0.2) is 0 Å². The van der Waals surface area contributed by atoms with Gasteiger partial charge in [-0.3, -0.25) is 0 Å². The van der Waals surface area contributed by atoms with Gasteiger partial charge in [-0.25, -0.2) is 0 Å². The SMILES string of the molecule is COC1CC(C)OC1CO.[Re]. The molecule has 1 aliphatic rings. The van der Waals surface area contributed by atoms with Gasteiger partial charge in [0, 0.05) is 34.0 Å². The maximum absolute atomic E-state index is 8.78. The molecule has 4 heteroatoms. The average Bonchev–Trinajstić information content (AvgIpc) is 2.30. The summed E-state index contributed by atoms with van der Waals surface area (Å²) in [7, 11) is 1.65. The van der Waals surface area contributed by atoms with Gasteiger partial charge in [0.1, 0.15) is 6.10 Å². The number of rotatable bonds is 2. The molecule has 0 spiro atoms. The molecule has 67 valence electrons. The van der Waals surface area contributed by atoms with Crippen LogP contribution in [0.4, 0.5) is 0 Å². The van der Waals surface area contributed by atoms with Gasteiger partial charge in [0.25, 0.3) is 0 Å². The summed E-state index contributed by atoms with van der Waals surface area (Å²) in [5.41, 5.74) is 0. The number of ether oxygens (including phenoxy) is 2. The van der Waals surface area contributed by atoms with Crippen LogP contribution in [0.1, 0.15) is 13.3 Å². The average molecular weight is 332 g/mol. The zero-order chi connectivity index (χ0) is 7.56. The van der Waals surface area contributed by atoms with Gasteiger partial charge in [-0.05, 0) is 6.92 Å². The minimum atomic E-state index is -0.111. The Balaban J connectivity index is 0.000001000. The summed E-state index contributed by atoms with van der Waals surface area (Å²) >= 11 is 0. The third kappa shape index (κ3) is 2.81. The van der Waals surface area contributed by atoms with E-state index in [4.69, 9.17) is 14.6 Å². The Labute approximate surface area is 80.7 Å². The summed E-state index contributed by atoms with van der Waals surface area (Å²) in [4.78, 5) is 0. The minimum Gasteiger partial charge on any atom is -0.394 e. The van der Waals surface area contributed by atoms with Gasteiger partial charge in [0.15, 0.2) is 0 Å². The van der Waals surface area contributed by atoms with E-state index in [-0.39, 0.29) is 45.3 Å². The third-order valence-corrected chi connectivity index (χ3v) is 1.87. The van der Waals surface area contributed by atoms with Crippen molar-refractivity contribution in [1.29, 1.82) is 0 Å². The Kier molecular flexibility index (Phi) is 5.49. The van der Waals surface area contributed by atoms with Crippen molar-refractivity contribution in [2.75, 3.05) is 13.7 Å². The number of hydrogen-bond acceptors (Lipinski definition) is 3. The molecule has 3 atom stereocenters. The summed E-state index contributed by atoms with van der Waals surface area (Å²) < 4.78 is 10.4. The Morgan fingerprint density at radius 1 is 1.64 bits per heavy atom. The Hall–Kier alpha value is 0.542. The number of aliphatic hydroxyl groups is 1. The largest absolute Gasteiger partial charge is 0.394 e. The molecule has 0 aromatic carbocycles. The van der Waals surface area contributed by atoms with Crippen molar-refractivity contribution < 1.29 is 35.0 Å². The number of aliphatic hydroxyl groups excluding tert-OH is 1. The maximum Gasteiger partial charge on any atom is 0.107 e. The smallest absolute Gasteiger partial charge is 0.107 e. The van der Waals surface area contributed by atoms with Crippen LogP contribution >= 0.6 is 0 Å². The summed E-state index contributed by atoms with van der Waals surface area (Å²) in [5, 5.41) is 8.78. The van der Waals surface area contributed by atoms with E-state index >= 15 is 0 Å². The molecule has 0 amide bonds. The standard InChI is InChI=1S/C7H14O3.Re/c1-5-3-6(9-2)7(4-8)10-5;/h5-8H,3-4H2,1-2H3;. The van der Waals surface area contributed by atoms with Crippen LogP contribution < -0.4 is 0 Å². The van der Waals surface area contributed by atoms with Gasteiger partial charge in [0.2, 0.25) is 0 Å². The van der Waals surface area contributed by atoms with E-state index in [1.54, 1.807) is 7.11 Å². The van der Waals surface area contributed by atoms with Gasteiger partial charge < -0.3 is 14.6 Å². The van der Waals surface area contributed by atoms with E-state index in [1.165, 1.54) is 0 Å². The van der Waals surface area contributed by atoms with Crippen LogP contribution in [0.3, 0.4) is 0 Å². The molecule has 1 saturated heterocycles.